The van der Waals surface area contributed by atoms with Crippen LogP contribution in [0.5, 0.6) is 0 Å². The molecule has 0 aliphatic heterocycles. The van der Waals surface area contributed by atoms with E-state index in [-0.39, 0.29) is 11.7 Å². The first-order chi connectivity index (χ1) is 14.1. The number of carbonyl (C=O) groups excluding carboxylic acids is 1. The number of rotatable bonds is 6. The molecule has 2 aromatic carbocycles. The van der Waals surface area contributed by atoms with Crippen molar-refractivity contribution in [1.29, 1.82) is 0 Å². The van der Waals surface area contributed by atoms with Gasteiger partial charge in [-0.1, -0.05) is 11.6 Å². The van der Waals surface area contributed by atoms with Gasteiger partial charge in [-0.25, -0.2) is 4.39 Å². The van der Waals surface area contributed by atoms with E-state index in [1.807, 2.05) is 38.2 Å². The Morgan fingerprint density at radius 2 is 1.97 bits per heavy atom. The topological polar surface area (TPSA) is 66.8 Å². The van der Waals surface area contributed by atoms with Crippen molar-refractivity contribution in [3.05, 3.63) is 77.5 Å². The number of nitrogens with one attached hydrogen (secondary N) is 1. The molecule has 6 nitrogen and oxygen atoms in total. The van der Waals surface area contributed by atoms with E-state index in [4.69, 9.17) is 0 Å². The van der Waals surface area contributed by atoms with Gasteiger partial charge in [0.1, 0.15) is 5.82 Å². The maximum atomic E-state index is 13.6. The average Bonchev–Trinajstić information content (AvgIpc) is 3.38. The summed E-state index contributed by atoms with van der Waals surface area (Å²) in [7, 11) is 0. The normalized spacial score (nSPS) is 11.1. The summed E-state index contributed by atoms with van der Waals surface area (Å²) in [4.78, 5) is 19.7. The number of carbonyl (C=O) groups is 1. The SMILES string of the molecule is CCN(CCc1c[nH]c2ccc(F)cc12)C(=O)c1cc(C)ccc1-n1nccn1. The molecule has 1 amide bonds. The van der Waals surface area contributed by atoms with Gasteiger partial charge < -0.3 is 9.88 Å². The van der Waals surface area contributed by atoms with Crippen molar-refractivity contribution in [2.75, 3.05) is 13.1 Å². The highest BCUT2D eigenvalue weighted by Gasteiger charge is 2.20. The largest absolute Gasteiger partial charge is 0.361 e. The van der Waals surface area contributed by atoms with Gasteiger partial charge in [0.05, 0.1) is 23.6 Å². The predicted octanol–water partition coefficient (Wildman–Crippen LogP) is 3.90. The van der Waals surface area contributed by atoms with Gasteiger partial charge in [0, 0.05) is 30.2 Å². The molecule has 148 valence electrons. The molecule has 2 aromatic heterocycles. The van der Waals surface area contributed by atoms with E-state index in [0.29, 0.717) is 30.8 Å². The first kappa shape index (κ1) is 18.9. The third-order valence-electron chi connectivity index (χ3n) is 5.07. The van der Waals surface area contributed by atoms with Gasteiger partial charge in [0.2, 0.25) is 0 Å². The Labute approximate surface area is 168 Å². The molecular weight excluding hydrogens is 369 g/mol. The quantitative estimate of drug-likeness (QED) is 0.542. The Morgan fingerprint density at radius 1 is 1.17 bits per heavy atom. The van der Waals surface area contributed by atoms with Gasteiger partial charge in [0.25, 0.3) is 5.91 Å². The molecule has 0 fully saturated rings. The number of likely N-dealkylation sites (N-methyl/N-ethyl adjacent to an activating group) is 1. The first-order valence-corrected chi connectivity index (χ1v) is 9.59. The van der Waals surface area contributed by atoms with E-state index in [1.165, 1.54) is 16.9 Å². The molecule has 4 rings (SSSR count). The minimum absolute atomic E-state index is 0.0745. The first-order valence-electron chi connectivity index (χ1n) is 9.59. The second kappa shape index (κ2) is 7.87. The van der Waals surface area contributed by atoms with Crippen molar-refractivity contribution in [2.45, 2.75) is 20.3 Å². The number of amides is 1. The summed E-state index contributed by atoms with van der Waals surface area (Å²) in [6.45, 7) is 5.00. The lowest BCUT2D eigenvalue weighted by molar-refractivity contribution is 0.0766. The van der Waals surface area contributed by atoms with Gasteiger partial charge >= 0.3 is 0 Å². The molecule has 0 radical (unpaired) electrons. The van der Waals surface area contributed by atoms with Crippen LogP contribution in [0.25, 0.3) is 16.6 Å². The number of aromatic amines is 1. The number of hydrogen-bond acceptors (Lipinski definition) is 3. The Hall–Kier alpha value is -3.48. The van der Waals surface area contributed by atoms with Gasteiger partial charge in [-0.15, -0.1) is 0 Å². The van der Waals surface area contributed by atoms with Crippen molar-refractivity contribution in [2.24, 2.45) is 0 Å². The molecule has 7 heteroatoms. The molecule has 0 saturated carbocycles. The van der Waals surface area contributed by atoms with Crippen LogP contribution in [-0.4, -0.2) is 43.9 Å². The lowest BCUT2D eigenvalue weighted by Crippen LogP contribution is -2.33. The molecule has 4 aromatic rings. The zero-order chi connectivity index (χ0) is 20.4. The molecule has 0 spiro atoms. The van der Waals surface area contributed by atoms with E-state index >= 15 is 0 Å². The number of hydrogen-bond donors (Lipinski definition) is 1. The molecule has 0 aliphatic carbocycles. The fraction of sp³-hybridized carbons (Fsp3) is 0.227. The molecule has 0 aliphatic rings. The maximum absolute atomic E-state index is 13.6. The molecule has 0 saturated heterocycles. The molecule has 1 N–H and O–H groups in total. The van der Waals surface area contributed by atoms with Crippen LogP contribution in [0.1, 0.15) is 28.4 Å². The summed E-state index contributed by atoms with van der Waals surface area (Å²) in [6, 6.07) is 10.4. The number of fused-ring (bicyclic) bond motifs is 1. The Morgan fingerprint density at radius 3 is 2.72 bits per heavy atom. The van der Waals surface area contributed by atoms with Crippen molar-refractivity contribution in [1.82, 2.24) is 24.9 Å². The fourth-order valence-electron chi connectivity index (χ4n) is 3.52. The summed E-state index contributed by atoms with van der Waals surface area (Å²) in [5, 5.41) is 9.19. The van der Waals surface area contributed by atoms with Crippen LogP contribution < -0.4 is 0 Å². The number of aromatic nitrogens is 4. The number of halogens is 1. The molecule has 0 bridgehead atoms. The Bertz CT molecular complexity index is 1150. The molecule has 2 heterocycles. The highest BCUT2D eigenvalue weighted by atomic mass is 19.1. The third kappa shape index (κ3) is 3.76. The van der Waals surface area contributed by atoms with E-state index in [9.17, 15) is 9.18 Å². The average molecular weight is 391 g/mol. The number of aryl methyl sites for hydroxylation is 1. The van der Waals surface area contributed by atoms with Crippen molar-refractivity contribution in [3.8, 4) is 5.69 Å². The highest BCUT2D eigenvalue weighted by Crippen LogP contribution is 2.21. The number of benzene rings is 2. The van der Waals surface area contributed by atoms with Crippen LogP contribution in [0, 0.1) is 12.7 Å². The molecule has 0 unspecified atom stereocenters. The Balaban J connectivity index is 1.59. The lowest BCUT2D eigenvalue weighted by atomic mass is 10.1. The minimum atomic E-state index is -0.266. The second-order valence-electron chi connectivity index (χ2n) is 6.98. The zero-order valence-corrected chi connectivity index (χ0v) is 16.4. The standard InChI is InChI=1S/C22H22FN5O/c1-3-27(11-8-16-14-24-20-6-5-17(23)13-18(16)20)22(29)19-12-15(2)4-7-21(19)28-25-9-10-26-28/h4-7,9-10,12-14,24H,3,8,11H2,1-2H3. The van der Waals surface area contributed by atoms with Crippen LogP contribution in [0.4, 0.5) is 4.39 Å². The molecule has 0 atom stereocenters. The molecular formula is C22H22FN5O. The third-order valence-corrected chi connectivity index (χ3v) is 5.07. The van der Waals surface area contributed by atoms with Crippen molar-refractivity contribution in [3.63, 3.8) is 0 Å². The molecule has 29 heavy (non-hydrogen) atoms. The smallest absolute Gasteiger partial charge is 0.256 e. The van der Waals surface area contributed by atoms with Crippen LogP contribution in [0.15, 0.2) is 55.0 Å². The zero-order valence-electron chi connectivity index (χ0n) is 16.4. The number of nitrogens with zero attached hydrogens (tertiary/aromatic N) is 4. The van der Waals surface area contributed by atoms with E-state index < -0.39 is 0 Å². The summed E-state index contributed by atoms with van der Waals surface area (Å²) in [5.74, 6) is -0.340. The summed E-state index contributed by atoms with van der Waals surface area (Å²) < 4.78 is 13.6. The summed E-state index contributed by atoms with van der Waals surface area (Å²) in [6.07, 6.45) is 5.68. The lowest BCUT2D eigenvalue weighted by Gasteiger charge is -2.22. The van der Waals surface area contributed by atoms with Crippen LogP contribution in [-0.2, 0) is 6.42 Å². The highest BCUT2D eigenvalue weighted by molar-refractivity contribution is 5.98. The van der Waals surface area contributed by atoms with Gasteiger partial charge in [0.15, 0.2) is 0 Å². The minimum Gasteiger partial charge on any atom is -0.361 e. The number of H-pyrrole nitrogens is 1. The second-order valence-corrected chi connectivity index (χ2v) is 6.98. The fourth-order valence-corrected chi connectivity index (χ4v) is 3.52. The van der Waals surface area contributed by atoms with E-state index in [0.717, 1.165) is 22.0 Å². The van der Waals surface area contributed by atoms with E-state index in [2.05, 4.69) is 15.2 Å². The monoisotopic (exact) mass is 391 g/mol. The van der Waals surface area contributed by atoms with Crippen molar-refractivity contribution >= 4 is 16.8 Å². The van der Waals surface area contributed by atoms with Crippen LogP contribution in [0.3, 0.4) is 0 Å². The van der Waals surface area contributed by atoms with Gasteiger partial charge in [-0.3, -0.25) is 4.79 Å². The summed E-state index contributed by atoms with van der Waals surface area (Å²) in [5.41, 5.74) is 4.09. The van der Waals surface area contributed by atoms with Gasteiger partial charge in [-0.2, -0.15) is 15.0 Å². The maximum Gasteiger partial charge on any atom is 0.256 e. The Kier molecular flexibility index (Phi) is 5.12. The van der Waals surface area contributed by atoms with E-state index in [1.54, 1.807) is 23.4 Å². The van der Waals surface area contributed by atoms with Crippen molar-refractivity contribution < 1.29 is 9.18 Å². The predicted molar refractivity (Wildman–Crippen MR) is 110 cm³/mol. The van der Waals surface area contributed by atoms with Gasteiger partial charge in [-0.05, 0) is 56.2 Å². The van der Waals surface area contributed by atoms with Crippen LogP contribution in [0.2, 0.25) is 0 Å². The van der Waals surface area contributed by atoms with Crippen LogP contribution >= 0.6 is 0 Å². The summed E-state index contributed by atoms with van der Waals surface area (Å²) >= 11 is 0.